The molecule has 1 aliphatic heterocycles. The summed E-state index contributed by atoms with van der Waals surface area (Å²) < 4.78 is 6.29. The summed E-state index contributed by atoms with van der Waals surface area (Å²) >= 11 is 0. The molecule has 8 heteroatoms. The van der Waals surface area contributed by atoms with Crippen LogP contribution in [-0.2, 0) is 0 Å². The van der Waals surface area contributed by atoms with Crippen molar-refractivity contribution >= 4 is 17.6 Å². The Bertz CT molecular complexity index is 1150. The molecule has 37 heavy (non-hydrogen) atoms. The number of ether oxygens (including phenoxy) is 1. The fourth-order valence-electron chi connectivity index (χ4n) is 4.74. The molecule has 0 spiro atoms. The van der Waals surface area contributed by atoms with Crippen molar-refractivity contribution < 1.29 is 19.4 Å². The number of likely N-dealkylation sites (N-methyl/N-ethyl adjacent to an activating group) is 1. The molecule has 1 aliphatic carbocycles. The second-order valence-electron chi connectivity index (χ2n) is 10.1. The highest BCUT2D eigenvalue weighted by atomic mass is 16.5. The van der Waals surface area contributed by atoms with Crippen LogP contribution in [0.5, 0.6) is 5.88 Å². The predicted octanol–water partition coefficient (Wildman–Crippen LogP) is 4.01. The summed E-state index contributed by atoms with van der Waals surface area (Å²) in [6.07, 6.45) is 5.86. The Morgan fingerprint density at radius 3 is 2.73 bits per heavy atom. The van der Waals surface area contributed by atoms with Crippen molar-refractivity contribution in [2.24, 2.45) is 11.8 Å². The summed E-state index contributed by atoms with van der Waals surface area (Å²) in [5.41, 5.74) is 1.70. The number of hydrogen-bond donors (Lipinski definition) is 2. The minimum absolute atomic E-state index is 0.123. The van der Waals surface area contributed by atoms with Crippen LogP contribution in [0.1, 0.15) is 55.5 Å². The molecule has 0 unspecified atom stereocenters. The van der Waals surface area contributed by atoms with E-state index in [1.807, 2.05) is 44.2 Å². The molecule has 2 aromatic rings. The molecule has 2 heterocycles. The van der Waals surface area contributed by atoms with Gasteiger partial charge in [-0.3, -0.25) is 4.79 Å². The molecule has 3 amide bonds. The Kier molecular flexibility index (Phi) is 8.67. The van der Waals surface area contributed by atoms with Crippen LogP contribution in [0.2, 0.25) is 0 Å². The molecule has 2 N–H and O–H groups in total. The highest BCUT2D eigenvalue weighted by molar-refractivity contribution is 5.97. The molecule has 0 bridgehead atoms. The number of carbonyl (C=O) groups excluding carboxylic acids is 2. The highest BCUT2D eigenvalue weighted by Crippen LogP contribution is 2.28. The normalized spacial score (nSPS) is 20.5. The van der Waals surface area contributed by atoms with E-state index in [9.17, 15) is 14.7 Å². The Labute approximate surface area is 219 Å². The lowest BCUT2D eigenvalue weighted by Gasteiger charge is -2.37. The van der Waals surface area contributed by atoms with Crippen LogP contribution < -0.4 is 10.1 Å². The first-order valence-electron chi connectivity index (χ1n) is 13.0. The van der Waals surface area contributed by atoms with Crippen LogP contribution in [-0.4, -0.2) is 70.7 Å². The summed E-state index contributed by atoms with van der Waals surface area (Å²) in [5.74, 6) is 6.76. The maximum atomic E-state index is 13.6. The Morgan fingerprint density at radius 2 is 2.03 bits per heavy atom. The molecule has 2 aliphatic rings. The van der Waals surface area contributed by atoms with Gasteiger partial charge in [0.2, 0.25) is 5.88 Å². The number of benzene rings is 1. The monoisotopic (exact) mass is 504 g/mol. The third-order valence-corrected chi connectivity index (χ3v) is 7.12. The molecule has 1 saturated carbocycles. The number of amides is 3. The maximum absolute atomic E-state index is 13.6. The zero-order valence-corrected chi connectivity index (χ0v) is 21.8. The summed E-state index contributed by atoms with van der Waals surface area (Å²) in [4.78, 5) is 34.1. The van der Waals surface area contributed by atoms with Crippen LogP contribution in [0.25, 0.3) is 0 Å². The number of fused-ring (bicyclic) bond motifs is 1. The van der Waals surface area contributed by atoms with Crippen molar-refractivity contribution in [1.29, 1.82) is 0 Å². The van der Waals surface area contributed by atoms with Crippen LogP contribution in [0.3, 0.4) is 0 Å². The Hall–Kier alpha value is -3.57. The molecular formula is C29H36N4O4. The smallest absolute Gasteiger partial charge is 0.321 e. The first kappa shape index (κ1) is 26.5. The van der Waals surface area contributed by atoms with Gasteiger partial charge in [-0.2, -0.15) is 0 Å². The number of aliphatic hydroxyl groups is 1. The lowest BCUT2D eigenvalue weighted by molar-refractivity contribution is 0.0356. The van der Waals surface area contributed by atoms with E-state index in [1.54, 1.807) is 29.1 Å². The van der Waals surface area contributed by atoms with Gasteiger partial charge < -0.3 is 25.0 Å². The first-order valence-corrected chi connectivity index (χ1v) is 13.0. The number of urea groups is 1. The van der Waals surface area contributed by atoms with Gasteiger partial charge in [0.25, 0.3) is 5.91 Å². The molecule has 8 nitrogen and oxygen atoms in total. The Morgan fingerprint density at radius 1 is 1.30 bits per heavy atom. The van der Waals surface area contributed by atoms with Crippen molar-refractivity contribution in [2.75, 3.05) is 32.1 Å². The number of pyridine rings is 1. The van der Waals surface area contributed by atoms with Crippen molar-refractivity contribution in [3.05, 3.63) is 53.7 Å². The van der Waals surface area contributed by atoms with Crippen LogP contribution in [0.4, 0.5) is 10.5 Å². The molecule has 1 aromatic heterocycles. The fourth-order valence-corrected chi connectivity index (χ4v) is 4.74. The van der Waals surface area contributed by atoms with Gasteiger partial charge in [0.15, 0.2) is 0 Å². The minimum atomic E-state index is -0.422. The molecule has 1 aromatic carbocycles. The quantitative estimate of drug-likeness (QED) is 0.600. The van der Waals surface area contributed by atoms with Gasteiger partial charge in [0.1, 0.15) is 11.7 Å². The zero-order chi connectivity index (χ0) is 26.4. The van der Waals surface area contributed by atoms with E-state index in [0.717, 1.165) is 12.8 Å². The fraction of sp³-hybridized carbons (Fsp3) is 0.483. The summed E-state index contributed by atoms with van der Waals surface area (Å²) in [5, 5.41) is 12.7. The molecule has 0 saturated heterocycles. The standard InChI is InChI=1S/C29H36N4O4/c1-20-17-33(21(2)19-34)28(35)25-15-23(14-13-22-9-7-8-10-22)16-30-27(25)37-26(20)18-32(3)29(36)31-24-11-5-4-6-12-24/h4-6,11-12,15-16,20-22,26,34H,7-10,17-19H2,1-3H3,(H,31,36)/t20-,21-,26+/m1/s1. The number of aliphatic hydroxyl groups excluding tert-OH is 1. The van der Waals surface area contributed by atoms with Gasteiger partial charge >= 0.3 is 6.03 Å². The zero-order valence-electron chi connectivity index (χ0n) is 21.8. The minimum Gasteiger partial charge on any atom is -0.472 e. The molecule has 4 rings (SSSR count). The van der Waals surface area contributed by atoms with E-state index in [2.05, 4.69) is 22.1 Å². The van der Waals surface area contributed by atoms with E-state index in [1.165, 1.54) is 12.8 Å². The van der Waals surface area contributed by atoms with E-state index in [0.29, 0.717) is 35.8 Å². The highest BCUT2D eigenvalue weighted by Gasteiger charge is 2.34. The van der Waals surface area contributed by atoms with Gasteiger partial charge in [-0.25, -0.2) is 9.78 Å². The predicted molar refractivity (Wildman–Crippen MR) is 142 cm³/mol. The van der Waals surface area contributed by atoms with E-state index < -0.39 is 6.10 Å². The Balaban J connectivity index is 1.58. The van der Waals surface area contributed by atoms with Crippen molar-refractivity contribution in [2.45, 2.75) is 51.7 Å². The second kappa shape index (κ2) is 12.1. The van der Waals surface area contributed by atoms with Crippen LogP contribution in [0.15, 0.2) is 42.6 Å². The molecule has 1 fully saturated rings. The van der Waals surface area contributed by atoms with Gasteiger partial charge in [-0.15, -0.1) is 0 Å². The summed E-state index contributed by atoms with van der Waals surface area (Å²) in [7, 11) is 1.71. The van der Waals surface area contributed by atoms with Gasteiger partial charge in [0.05, 0.1) is 19.2 Å². The largest absolute Gasteiger partial charge is 0.472 e. The van der Waals surface area contributed by atoms with Crippen molar-refractivity contribution in [3.8, 4) is 17.7 Å². The third kappa shape index (κ3) is 6.60. The van der Waals surface area contributed by atoms with Crippen molar-refractivity contribution in [3.63, 3.8) is 0 Å². The molecule has 196 valence electrons. The maximum Gasteiger partial charge on any atom is 0.321 e. The molecular weight excluding hydrogens is 468 g/mol. The SMILES string of the molecule is C[C@@H]1CN([C@H](C)CO)C(=O)c2cc(C#CC3CCCC3)cnc2O[C@H]1CN(C)C(=O)Nc1ccccc1. The van der Waals surface area contributed by atoms with E-state index in [-0.39, 0.29) is 36.4 Å². The first-order chi connectivity index (χ1) is 17.9. The number of aromatic nitrogens is 1. The van der Waals surface area contributed by atoms with E-state index in [4.69, 9.17) is 4.74 Å². The topological polar surface area (TPSA) is 95.0 Å². The van der Waals surface area contributed by atoms with Crippen LogP contribution in [0, 0.1) is 23.7 Å². The lowest BCUT2D eigenvalue weighted by atomic mass is 10.00. The number of nitrogens with one attached hydrogen (secondary N) is 1. The van der Waals surface area contributed by atoms with Gasteiger partial charge in [-0.05, 0) is 38.0 Å². The van der Waals surface area contributed by atoms with Crippen LogP contribution >= 0.6 is 0 Å². The number of anilines is 1. The number of carbonyl (C=O) groups is 2. The average molecular weight is 505 g/mol. The van der Waals surface area contributed by atoms with E-state index >= 15 is 0 Å². The number of rotatable bonds is 5. The summed E-state index contributed by atoms with van der Waals surface area (Å²) in [6, 6.07) is 10.4. The number of para-hydroxylation sites is 1. The third-order valence-electron chi connectivity index (χ3n) is 7.12. The lowest BCUT2D eigenvalue weighted by Crippen LogP contribution is -2.50. The average Bonchev–Trinajstić information content (AvgIpc) is 3.43. The molecule has 0 radical (unpaired) electrons. The summed E-state index contributed by atoms with van der Waals surface area (Å²) in [6.45, 7) is 4.30. The molecule has 3 atom stereocenters. The number of hydrogen-bond acceptors (Lipinski definition) is 5. The second-order valence-corrected chi connectivity index (χ2v) is 10.1. The van der Waals surface area contributed by atoms with Crippen molar-refractivity contribution in [1.82, 2.24) is 14.8 Å². The number of nitrogens with zero attached hydrogens (tertiary/aromatic N) is 3. The van der Waals surface area contributed by atoms with Gasteiger partial charge in [0, 0.05) is 42.9 Å². The van der Waals surface area contributed by atoms with Gasteiger partial charge in [-0.1, -0.05) is 49.8 Å².